The number of carbonyl (C=O) groups is 2. The molecule has 1 heterocycles. The molecule has 1 amide bonds. The second-order valence-electron chi connectivity index (χ2n) is 6.07. The topological polar surface area (TPSA) is 99.9 Å². The van der Waals surface area contributed by atoms with Crippen LogP contribution in [0.5, 0.6) is 0 Å². The summed E-state index contributed by atoms with van der Waals surface area (Å²) in [5.41, 5.74) is 2.71. The second-order valence-corrected chi connectivity index (χ2v) is 7.01. The number of amides is 1. The van der Waals surface area contributed by atoms with Gasteiger partial charge in [-0.2, -0.15) is 0 Å². The van der Waals surface area contributed by atoms with E-state index in [-0.39, 0.29) is 17.2 Å². The zero-order valence-electron chi connectivity index (χ0n) is 15.5. The van der Waals surface area contributed by atoms with Crippen LogP contribution in [-0.2, 0) is 11.3 Å². The van der Waals surface area contributed by atoms with Crippen LogP contribution in [0.3, 0.4) is 0 Å². The Hall–Kier alpha value is -3.13. The Morgan fingerprint density at radius 1 is 1.11 bits per heavy atom. The fourth-order valence-electron chi connectivity index (χ4n) is 2.72. The highest BCUT2D eigenvalue weighted by molar-refractivity contribution is 7.99. The lowest BCUT2D eigenvalue weighted by Gasteiger charge is -2.09. The van der Waals surface area contributed by atoms with E-state index < -0.39 is 5.97 Å². The number of carboxylic acid groups (broad SMARTS) is 1. The number of rotatable bonds is 7. The van der Waals surface area contributed by atoms with Crippen molar-refractivity contribution in [1.82, 2.24) is 14.8 Å². The van der Waals surface area contributed by atoms with Gasteiger partial charge in [0.2, 0.25) is 5.91 Å². The molecule has 7 nitrogen and oxygen atoms in total. The van der Waals surface area contributed by atoms with E-state index in [1.807, 2.05) is 42.7 Å². The number of carbonyl (C=O) groups excluding carboxylic acids is 2. The van der Waals surface area contributed by atoms with Crippen LogP contribution in [0.2, 0.25) is 0 Å². The standard InChI is InChI=1S/C20H20N4O3S/c1-3-24-18(16-7-5-4-6-13(16)2)22-23-20(24)28-12-17(25)21-15-10-8-14(9-11-15)19(26)27/h4-11H,3,12H2,1-2H3,(H,21,25)(H,26,27)/p-1. The molecule has 1 aromatic heterocycles. The van der Waals surface area contributed by atoms with Gasteiger partial charge in [0.05, 0.1) is 11.7 Å². The third kappa shape index (κ3) is 4.40. The van der Waals surface area contributed by atoms with Gasteiger partial charge in [0.15, 0.2) is 11.0 Å². The summed E-state index contributed by atoms with van der Waals surface area (Å²) in [7, 11) is 0. The van der Waals surface area contributed by atoms with Gasteiger partial charge < -0.3 is 19.8 Å². The van der Waals surface area contributed by atoms with E-state index in [0.717, 1.165) is 17.0 Å². The maximum atomic E-state index is 12.2. The van der Waals surface area contributed by atoms with Crippen LogP contribution in [0.15, 0.2) is 53.7 Å². The highest BCUT2D eigenvalue weighted by Gasteiger charge is 2.15. The van der Waals surface area contributed by atoms with Crippen molar-refractivity contribution in [1.29, 1.82) is 0 Å². The summed E-state index contributed by atoms with van der Waals surface area (Å²) < 4.78 is 1.98. The van der Waals surface area contributed by atoms with Gasteiger partial charge in [0, 0.05) is 17.8 Å². The molecule has 8 heteroatoms. The van der Waals surface area contributed by atoms with Gasteiger partial charge in [-0.1, -0.05) is 48.2 Å². The molecule has 144 valence electrons. The lowest BCUT2D eigenvalue weighted by molar-refractivity contribution is -0.255. The van der Waals surface area contributed by atoms with Crippen molar-refractivity contribution in [2.24, 2.45) is 0 Å². The Bertz CT molecular complexity index is 999. The van der Waals surface area contributed by atoms with Crippen molar-refractivity contribution in [2.45, 2.75) is 25.5 Å². The summed E-state index contributed by atoms with van der Waals surface area (Å²) in [4.78, 5) is 23.0. The molecule has 0 bridgehead atoms. The number of aromatic carboxylic acids is 1. The van der Waals surface area contributed by atoms with Crippen LogP contribution in [0.4, 0.5) is 5.69 Å². The normalized spacial score (nSPS) is 10.6. The first kappa shape index (κ1) is 19.6. The molecule has 2 aromatic carbocycles. The molecule has 0 aliphatic rings. The summed E-state index contributed by atoms with van der Waals surface area (Å²) in [6.07, 6.45) is 0. The molecule has 0 saturated heterocycles. The van der Waals surface area contributed by atoms with Crippen molar-refractivity contribution >= 4 is 29.3 Å². The Labute approximate surface area is 166 Å². The molecule has 3 rings (SSSR count). The minimum atomic E-state index is -1.25. The zero-order valence-corrected chi connectivity index (χ0v) is 16.3. The van der Waals surface area contributed by atoms with Gasteiger partial charge >= 0.3 is 0 Å². The van der Waals surface area contributed by atoms with Crippen LogP contribution in [0.25, 0.3) is 11.4 Å². The van der Waals surface area contributed by atoms with E-state index >= 15 is 0 Å². The van der Waals surface area contributed by atoms with Gasteiger partial charge in [-0.05, 0) is 37.1 Å². The third-order valence-corrected chi connectivity index (χ3v) is 5.12. The van der Waals surface area contributed by atoms with Crippen molar-refractivity contribution in [2.75, 3.05) is 11.1 Å². The quantitative estimate of drug-likeness (QED) is 0.617. The number of anilines is 1. The zero-order chi connectivity index (χ0) is 20.1. The van der Waals surface area contributed by atoms with Crippen LogP contribution >= 0.6 is 11.8 Å². The van der Waals surface area contributed by atoms with Crippen molar-refractivity contribution in [3.63, 3.8) is 0 Å². The number of nitrogens with one attached hydrogen (secondary N) is 1. The maximum Gasteiger partial charge on any atom is 0.234 e. The molecule has 0 atom stereocenters. The minimum absolute atomic E-state index is 0.0622. The average Bonchev–Trinajstić information content (AvgIpc) is 3.10. The number of aromatic nitrogens is 3. The highest BCUT2D eigenvalue weighted by atomic mass is 32.2. The largest absolute Gasteiger partial charge is 0.545 e. The Kier molecular flexibility index (Phi) is 6.10. The summed E-state index contributed by atoms with van der Waals surface area (Å²) in [5.74, 6) is -0.527. The molecular formula is C20H19N4O3S-. The van der Waals surface area contributed by atoms with E-state index in [4.69, 9.17) is 0 Å². The molecule has 0 unspecified atom stereocenters. The average molecular weight is 395 g/mol. The van der Waals surface area contributed by atoms with E-state index in [0.29, 0.717) is 17.4 Å². The lowest BCUT2D eigenvalue weighted by Crippen LogP contribution is -2.22. The maximum absolute atomic E-state index is 12.2. The number of thioether (sulfide) groups is 1. The predicted octanol–water partition coefficient (Wildman–Crippen LogP) is 2.37. The molecule has 0 radical (unpaired) electrons. The third-order valence-electron chi connectivity index (χ3n) is 4.16. The first-order valence-electron chi connectivity index (χ1n) is 8.73. The first-order chi connectivity index (χ1) is 13.5. The Morgan fingerprint density at radius 2 is 1.82 bits per heavy atom. The molecule has 0 saturated carbocycles. The van der Waals surface area contributed by atoms with E-state index in [2.05, 4.69) is 15.5 Å². The number of aryl methyl sites for hydroxylation is 1. The van der Waals surface area contributed by atoms with Crippen LogP contribution < -0.4 is 10.4 Å². The van der Waals surface area contributed by atoms with Gasteiger partial charge in [-0.25, -0.2) is 0 Å². The number of hydrogen-bond acceptors (Lipinski definition) is 6. The SMILES string of the molecule is CCn1c(SCC(=O)Nc2ccc(C(=O)[O-])cc2)nnc1-c1ccccc1C. The first-order valence-corrected chi connectivity index (χ1v) is 9.71. The molecule has 0 spiro atoms. The minimum Gasteiger partial charge on any atom is -0.545 e. The molecule has 3 aromatic rings. The summed E-state index contributed by atoms with van der Waals surface area (Å²) >= 11 is 1.30. The van der Waals surface area contributed by atoms with E-state index in [9.17, 15) is 14.7 Å². The highest BCUT2D eigenvalue weighted by Crippen LogP contribution is 2.26. The molecule has 1 N–H and O–H groups in total. The van der Waals surface area contributed by atoms with Gasteiger partial charge in [0.1, 0.15) is 0 Å². The van der Waals surface area contributed by atoms with Gasteiger partial charge in [-0.3, -0.25) is 4.79 Å². The number of nitrogens with zero attached hydrogens (tertiary/aromatic N) is 3. The Balaban J connectivity index is 1.67. The molecule has 28 heavy (non-hydrogen) atoms. The van der Waals surface area contributed by atoms with Gasteiger partial charge in [-0.15, -0.1) is 10.2 Å². The summed E-state index contributed by atoms with van der Waals surface area (Å²) in [6.45, 7) is 4.72. The fraction of sp³-hybridized carbons (Fsp3) is 0.200. The summed E-state index contributed by atoms with van der Waals surface area (Å²) in [5, 5.41) is 22.7. The number of benzene rings is 2. The second kappa shape index (κ2) is 8.71. The molecule has 0 aliphatic carbocycles. The van der Waals surface area contributed by atoms with Crippen molar-refractivity contribution in [3.8, 4) is 11.4 Å². The molecule has 0 fully saturated rings. The van der Waals surface area contributed by atoms with Crippen LogP contribution in [-0.4, -0.2) is 32.4 Å². The van der Waals surface area contributed by atoms with Gasteiger partial charge in [0.25, 0.3) is 0 Å². The fourth-order valence-corrected chi connectivity index (χ4v) is 3.52. The number of hydrogen-bond donors (Lipinski definition) is 1. The summed E-state index contributed by atoms with van der Waals surface area (Å²) in [6, 6.07) is 13.8. The van der Waals surface area contributed by atoms with Crippen molar-refractivity contribution < 1.29 is 14.7 Å². The van der Waals surface area contributed by atoms with Crippen LogP contribution in [0, 0.1) is 6.92 Å². The Morgan fingerprint density at radius 3 is 2.46 bits per heavy atom. The molecule has 0 aliphatic heterocycles. The van der Waals surface area contributed by atoms with E-state index in [1.165, 1.54) is 36.0 Å². The number of carboxylic acids is 1. The van der Waals surface area contributed by atoms with Crippen LogP contribution in [0.1, 0.15) is 22.8 Å². The van der Waals surface area contributed by atoms with E-state index in [1.54, 1.807) is 0 Å². The smallest absolute Gasteiger partial charge is 0.234 e. The van der Waals surface area contributed by atoms with Crippen molar-refractivity contribution in [3.05, 3.63) is 59.7 Å². The monoisotopic (exact) mass is 395 g/mol. The lowest BCUT2D eigenvalue weighted by atomic mass is 10.1. The molecular weight excluding hydrogens is 376 g/mol. The predicted molar refractivity (Wildman–Crippen MR) is 106 cm³/mol.